The number of nitrogens with zero attached hydrogens (tertiary/aromatic N) is 1. The maximum atomic E-state index is 5.85. The average Bonchev–Trinajstić information content (AvgIpc) is 2.90. The molecule has 1 aromatic heterocycles. The largest absolute Gasteiger partial charge is 0.487 e. The summed E-state index contributed by atoms with van der Waals surface area (Å²) in [4.78, 5) is 4.32. The summed E-state index contributed by atoms with van der Waals surface area (Å²) in [5.41, 5.74) is 3.76. The molecule has 1 heterocycles. The van der Waals surface area contributed by atoms with Crippen molar-refractivity contribution in [1.82, 2.24) is 10.3 Å². The van der Waals surface area contributed by atoms with Crippen LogP contribution in [0.5, 0.6) is 5.75 Å². The van der Waals surface area contributed by atoms with Gasteiger partial charge in [0.1, 0.15) is 12.4 Å². The van der Waals surface area contributed by atoms with Gasteiger partial charge >= 0.3 is 0 Å². The van der Waals surface area contributed by atoms with Gasteiger partial charge in [0, 0.05) is 16.7 Å². The topological polar surface area (TPSA) is 34.1 Å². The van der Waals surface area contributed by atoms with E-state index >= 15 is 0 Å². The first kappa shape index (κ1) is 14.5. The molecule has 3 nitrogen and oxygen atoms in total. The molecule has 0 amide bonds. The molecule has 0 aliphatic heterocycles. The molecular weight excluding hydrogens is 328 g/mol. The Morgan fingerprint density at radius 3 is 3.00 bits per heavy atom. The zero-order valence-corrected chi connectivity index (χ0v) is 13.7. The van der Waals surface area contributed by atoms with Gasteiger partial charge in [-0.1, -0.05) is 13.0 Å². The van der Waals surface area contributed by atoms with Crippen LogP contribution in [0.25, 0.3) is 0 Å². The van der Waals surface area contributed by atoms with Crippen LogP contribution in [0.4, 0.5) is 0 Å². The Kier molecular flexibility index (Phi) is 4.56. The summed E-state index contributed by atoms with van der Waals surface area (Å²) in [5, 5.41) is 3.53. The van der Waals surface area contributed by atoms with E-state index in [2.05, 4.69) is 51.4 Å². The number of hydrogen-bond acceptors (Lipinski definition) is 3. The fourth-order valence-corrected chi connectivity index (χ4v) is 3.03. The van der Waals surface area contributed by atoms with Crippen molar-refractivity contribution in [3.05, 3.63) is 57.8 Å². The van der Waals surface area contributed by atoms with Crippen LogP contribution in [0.1, 0.15) is 36.2 Å². The van der Waals surface area contributed by atoms with Crippen LogP contribution < -0.4 is 10.1 Å². The van der Waals surface area contributed by atoms with Gasteiger partial charge in [-0.15, -0.1) is 0 Å². The summed E-state index contributed by atoms with van der Waals surface area (Å²) in [6.45, 7) is 3.67. The van der Waals surface area contributed by atoms with Crippen molar-refractivity contribution in [2.75, 3.05) is 6.54 Å². The Bertz CT molecular complexity index is 613. The highest BCUT2D eigenvalue weighted by Crippen LogP contribution is 2.33. The molecule has 1 N–H and O–H groups in total. The molecule has 3 rings (SSSR count). The Morgan fingerprint density at radius 1 is 1.33 bits per heavy atom. The van der Waals surface area contributed by atoms with E-state index in [1.165, 1.54) is 17.5 Å². The number of benzene rings is 1. The summed E-state index contributed by atoms with van der Waals surface area (Å²) < 4.78 is 6.84. The van der Waals surface area contributed by atoms with E-state index in [1.54, 1.807) is 6.20 Å². The highest BCUT2D eigenvalue weighted by Gasteiger charge is 2.21. The van der Waals surface area contributed by atoms with E-state index in [1.807, 2.05) is 12.1 Å². The van der Waals surface area contributed by atoms with Gasteiger partial charge in [-0.25, -0.2) is 0 Å². The average molecular weight is 347 g/mol. The van der Waals surface area contributed by atoms with Crippen molar-refractivity contribution in [1.29, 1.82) is 0 Å². The summed E-state index contributed by atoms with van der Waals surface area (Å²) in [7, 11) is 0. The lowest BCUT2D eigenvalue weighted by Crippen LogP contribution is -2.18. The minimum Gasteiger partial charge on any atom is -0.487 e. The second-order valence-corrected chi connectivity index (χ2v) is 6.18. The SMILES string of the molecule is CCNC1CCc2cc(OCc3ccc(Br)cn3)ccc21. The van der Waals surface area contributed by atoms with Gasteiger partial charge in [0.2, 0.25) is 0 Å². The van der Waals surface area contributed by atoms with Crippen LogP contribution in [-0.4, -0.2) is 11.5 Å². The number of aromatic nitrogens is 1. The van der Waals surface area contributed by atoms with Crippen molar-refractivity contribution in [3.8, 4) is 5.75 Å². The minimum atomic E-state index is 0.503. The first-order chi connectivity index (χ1) is 10.3. The van der Waals surface area contributed by atoms with Crippen LogP contribution in [0.3, 0.4) is 0 Å². The number of aryl methyl sites for hydroxylation is 1. The summed E-state index contributed by atoms with van der Waals surface area (Å²) in [5.74, 6) is 0.926. The molecule has 2 aromatic rings. The third-order valence-electron chi connectivity index (χ3n) is 3.82. The van der Waals surface area contributed by atoms with Crippen LogP contribution in [0.15, 0.2) is 41.0 Å². The normalized spacial score (nSPS) is 16.8. The molecule has 1 aliphatic carbocycles. The first-order valence-electron chi connectivity index (χ1n) is 7.35. The Hall–Kier alpha value is -1.39. The zero-order chi connectivity index (χ0) is 14.7. The number of pyridine rings is 1. The van der Waals surface area contributed by atoms with Gasteiger partial charge in [-0.3, -0.25) is 4.98 Å². The lowest BCUT2D eigenvalue weighted by Gasteiger charge is -2.13. The van der Waals surface area contributed by atoms with Crippen molar-refractivity contribution >= 4 is 15.9 Å². The zero-order valence-electron chi connectivity index (χ0n) is 12.1. The Balaban J connectivity index is 1.66. The lowest BCUT2D eigenvalue weighted by molar-refractivity contribution is 0.301. The second kappa shape index (κ2) is 6.58. The third-order valence-corrected chi connectivity index (χ3v) is 4.29. The molecule has 0 saturated carbocycles. The van der Waals surface area contributed by atoms with Crippen molar-refractivity contribution < 1.29 is 4.74 Å². The monoisotopic (exact) mass is 346 g/mol. The molecule has 1 aromatic carbocycles. The number of fused-ring (bicyclic) bond motifs is 1. The molecule has 1 unspecified atom stereocenters. The van der Waals surface area contributed by atoms with Crippen molar-refractivity contribution in [2.24, 2.45) is 0 Å². The number of ether oxygens (including phenoxy) is 1. The van der Waals surface area contributed by atoms with E-state index in [0.29, 0.717) is 12.6 Å². The fourth-order valence-electron chi connectivity index (χ4n) is 2.79. The van der Waals surface area contributed by atoms with Gasteiger partial charge in [0.15, 0.2) is 0 Å². The van der Waals surface area contributed by atoms with Gasteiger partial charge < -0.3 is 10.1 Å². The number of hydrogen-bond donors (Lipinski definition) is 1. The first-order valence-corrected chi connectivity index (χ1v) is 8.15. The molecule has 0 saturated heterocycles. The molecule has 110 valence electrons. The molecule has 0 radical (unpaired) electrons. The molecule has 1 aliphatic rings. The van der Waals surface area contributed by atoms with E-state index in [4.69, 9.17) is 4.74 Å². The molecule has 21 heavy (non-hydrogen) atoms. The standard InChI is InChI=1S/C17H19BrN2O/c1-2-19-17-8-3-12-9-15(6-7-16(12)17)21-11-14-5-4-13(18)10-20-14/h4-7,9-10,17,19H,2-3,8,11H2,1H3. The minimum absolute atomic E-state index is 0.503. The highest BCUT2D eigenvalue weighted by molar-refractivity contribution is 9.10. The van der Waals surface area contributed by atoms with Gasteiger partial charge in [0.25, 0.3) is 0 Å². The molecule has 0 bridgehead atoms. The predicted octanol–water partition coefficient (Wildman–Crippen LogP) is 4.02. The van der Waals surface area contributed by atoms with Crippen LogP contribution in [0.2, 0.25) is 0 Å². The number of halogens is 1. The number of nitrogens with one attached hydrogen (secondary N) is 1. The van der Waals surface area contributed by atoms with E-state index in [0.717, 1.165) is 28.9 Å². The number of rotatable bonds is 5. The van der Waals surface area contributed by atoms with E-state index < -0.39 is 0 Å². The fraction of sp³-hybridized carbons (Fsp3) is 0.353. The summed E-state index contributed by atoms with van der Waals surface area (Å²) >= 11 is 3.38. The van der Waals surface area contributed by atoms with Crippen LogP contribution >= 0.6 is 15.9 Å². The van der Waals surface area contributed by atoms with Crippen molar-refractivity contribution in [2.45, 2.75) is 32.4 Å². The van der Waals surface area contributed by atoms with Gasteiger partial charge in [-0.2, -0.15) is 0 Å². The molecule has 0 spiro atoms. The molecular formula is C17H19BrN2O. The van der Waals surface area contributed by atoms with E-state index in [9.17, 15) is 0 Å². The third kappa shape index (κ3) is 3.44. The quantitative estimate of drug-likeness (QED) is 0.887. The maximum Gasteiger partial charge on any atom is 0.130 e. The van der Waals surface area contributed by atoms with Crippen LogP contribution in [-0.2, 0) is 13.0 Å². The molecule has 1 atom stereocenters. The smallest absolute Gasteiger partial charge is 0.130 e. The maximum absolute atomic E-state index is 5.85. The van der Waals surface area contributed by atoms with Crippen molar-refractivity contribution in [3.63, 3.8) is 0 Å². The highest BCUT2D eigenvalue weighted by atomic mass is 79.9. The van der Waals surface area contributed by atoms with Gasteiger partial charge in [0.05, 0.1) is 5.69 Å². The summed E-state index contributed by atoms with van der Waals surface area (Å²) in [6.07, 6.45) is 4.10. The Labute approximate surface area is 133 Å². The Morgan fingerprint density at radius 2 is 2.24 bits per heavy atom. The van der Waals surface area contributed by atoms with E-state index in [-0.39, 0.29) is 0 Å². The predicted molar refractivity (Wildman–Crippen MR) is 87.4 cm³/mol. The lowest BCUT2D eigenvalue weighted by atomic mass is 10.1. The second-order valence-electron chi connectivity index (χ2n) is 5.27. The summed E-state index contributed by atoms with van der Waals surface area (Å²) in [6, 6.07) is 10.9. The molecule has 0 fully saturated rings. The van der Waals surface area contributed by atoms with Crippen LogP contribution in [0, 0.1) is 0 Å². The molecule has 4 heteroatoms. The van der Waals surface area contributed by atoms with Gasteiger partial charge in [-0.05, 0) is 70.7 Å².